The van der Waals surface area contributed by atoms with Gasteiger partial charge in [-0.1, -0.05) is 37.3 Å². The minimum absolute atomic E-state index is 0.0454. The smallest absolute Gasteiger partial charge is 0.256 e. The molecule has 1 fully saturated rings. The molecule has 0 radical (unpaired) electrons. The van der Waals surface area contributed by atoms with Crippen LogP contribution in [0.4, 0.5) is 0 Å². The van der Waals surface area contributed by atoms with E-state index >= 15 is 0 Å². The van der Waals surface area contributed by atoms with Crippen molar-refractivity contribution in [2.45, 2.75) is 19.4 Å². The predicted octanol–water partition coefficient (Wildman–Crippen LogP) is 1.82. The highest BCUT2D eigenvalue weighted by Gasteiger charge is 2.32. The van der Waals surface area contributed by atoms with Gasteiger partial charge in [0.2, 0.25) is 0 Å². The third-order valence-corrected chi connectivity index (χ3v) is 4.29. The van der Waals surface area contributed by atoms with Crippen LogP contribution in [0.3, 0.4) is 0 Å². The van der Waals surface area contributed by atoms with E-state index in [4.69, 9.17) is 10.5 Å². The number of amides is 1. The van der Waals surface area contributed by atoms with Crippen molar-refractivity contribution in [2.24, 2.45) is 17.6 Å². The summed E-state index contributed by atoms with van der Waals surface area (Å²) in [5.41, 5.74) is 6.71. The largest absolute Gasteiger partial charge is 0.367 e. The van der Waals surface area contributed by atoms with Crippen molar-refractivity contribution in [3.8, 4) is 0 Å². The summed E-state index contributed by atoms with van der Waals surface area (Å²) in [6.07, 6.45) is 0.502. The Bertz CT molecular complexity index is 435. The maximum Gasteiger partial charge on any atom is 0.256 e. The van der Waals surface area contributed by atoms with Gasteiger partial charge in [0.05, 0.1) is 0 Å². The van der Waals surface area contributed by atoms with Crippen molar-refractivity contribution in [1.29, 1.82) is 0 Å². The Hall–Kier alpha value is -1.39. The number of carbonyl (C=O) groups is 1. The van der Waals surface area contributed by atoms with E-state index < -0.39 is 6.10 Å². The first-order valence-corrected chi connectivity index (χ1v) is 7.24. The molecule has 1 aromatic carbocycles. The molecule has 0 aliphatic carbocycles. The lowest BCUT2D eigenvalue weighted by molar-refractivity contribution is -0.145. The van der Waals surface area contributed by atoms with Crippen LogP contribution in [-0.4, -0.2) is 37.6 Å². The van der Waals surface area contributed by atoms with Crippen LogP contribution in [0.15, 0.2) is 30.3 Å². The fraction of sp³-hybridized carbons (Fsp3) is 0.562. The summed E-state index contributed by atoms with van der Waals surface area (Å²) >= 11 is 0. The molecular weight excluding hydrogens is 252 g/mol. The van der Waals surface area contributed by atoms with Gasteiger partial charge in [-0.15, -0.1) is 0 Å². The van der Waals surface area contributed by atoms with Crippen molar-refractivity contribution in [3.05, 3.63) is 35.9 Å². The molecule has 3 atom stereocenters. The van der Waals surface area contributed by atoms with E-state index in [1.54, 1.807) is 7.11 Å². The summed E-state index contributed by atoms with van der Waals surface area (Å²) in [5, 5.41) is 0. The van der Waals surface area contributed by atoms with Crippen LogP contribution in [-0.2, 0) is 9.53 Å². The van der Waals surface area contributed by atoms with Crippen molar-refractivity contribution >= 4 is 5.91 Å². The molecule has 1 heterocycles. The molecule has 0 saturated carbocycles. The molecular formula is C16H24N2O2. The van der Waals surface area contributed by atoms with Crippen LogP contribution in [0.25, 0.3) is 0 Å². The van der Waals surface area contributed by atoms with Gasteiger partial charge in [0.15, 0.2) is 6.10 Å². The van der Waals surface area contributed by atoms with E-state index in [1.165, 1.54) is 0 Å². The highest BCUT2D eigenvalue weighted by molar-refractivity contribution is 5.82. The second kappa shape index (κ2) is 6.86. The molecule has 2 rings (SSSR count). The molecule has 110 valence electrons. The summed E-state index contributed by atoms with van der Waals surface area (Å²) in [6, 6.07) is 9.65. The van der Waals surface area contributed by atoms with Gasteiger partial charge in [0, 0.05) is 20.2 Å². The van der Waals surface area contributed by atoms with Crippen molar-refractivity contribution in [1.82, 2.24) is 4.90 Å². The maximum absolute atomic E-state index is 12.7. The van der Waals surface area contributed by atoms with Gasteiger partial charge < -0.3 is 15.4 Å². The lowest BCUT2D eigenvalue weighted by Crippen LogP contribution is -2.47. The number of methoxy groups -OCH3 is 1. The summed E-state index contributed by atoms with van der Waals surface area (Å²) in [6.45, 7) is 4.38. The molecule has 1 saturated heterocycles. The lowest BCUT2D eigenvalue weighted by atomic mass is 9.87. The number of benzene rings is 1. The summed E-state index contributed by atoms with van der Waals surface area (Å²) < 4.78 is 5.42. The number of nitrogens with two attached hydrogens (primary N) is 1. The third kappa shape index (κ3) is 3.19. The maximum atomic E-state index is 12.7. The van der Waals surface area contributed by atoms with Crippen LogP contribution in [0.1, 0.15) is 25.0 Å². The first kappa shape index (κ1) is 15.0. The molecule has 1 aliphatic rings. The number of hydrogen-bond donors (Lipinski definition) is 1. The monoisotopic (exact) mass is 276 g/mol. The fourth-order valence-corrected chi connectivity index (χ4v) is 2.83. The molecule has 4 nitrogen and oxygen atoms in total. The molecule has 20 heavy (non-hydrogen) atoms. The van der Waals surface area contributed by atoms with E-state index in [0.717, 1.165) is 25.1 Å². The van der Waals surface area contributed by atoms with Gasteiger partial charge in [-0.2, -0.15) is 0 Å². The lowest BCUT2D eigenvalue weighted by Gasteiger charge is -2.38. The van der Waals surface area contributed by atoms with Crippen molar-refractivity contribution in [3.63, 3.8) is 0 Å². The Morgan fingerprint density at radius 2 is 2.15 bits per heavy atom. The van der Waals surface area contributed by atoms with E-state index in [0.29, 0.717) is 18.4 Å². The summed E-state index contributed by atoms with van der Waals surface area (Å²) in [4.78, 5) is 14.6. The molecule has 3 unspecified atom stereocenters. The molecule has 1 aromatic rings. The highest BCUT2D eigenvalue weighted by Crippen LogP contribution is 2.26. The average Bonchev–Trinajstić information content (AvgIpc) is 2.49. The van der Waals surface area contributed by atoms with E-state index in [-0.39, 0.29) is 5.91 Å². The van der Waals surface area contributed by atoms with E-state index in [2.05, 4.69) is 6.92 Å². The standard InChI is InChI=1S/C16H24N2O2/c1-12-8-9-18(11-14(12)10-17)16(19)15(20-2)13-6-4-3-5-7-13/h3-7,12,14-15H,8-11,17H2,1-2H3. The number of hydrogen-bond acceptors (Lipinski definition) is 3. The quantitative estimate of drug-likeness (QED) is 0.912. The molecule has 1 amide bonds. The number of likely N-dealkylation sites (tertiary alicyclic amines) is 1. The zero-order valence-electron chi connectivity index (χ0n) is 12.3. The highest BCUT2D eigenvalue weighted by atomic mass is 16.5. The van der Waals surface area contributed by atoms with Crippen LogP contribution in [0, 0.1) is 11.8 Å². The van der Waals surface area contributed by atoms with Gasteiger partial charge >= 0.3 is 0 Å². The van der Waals surface area contributed by atoms with Crippen LogP contribution in [0.5, 0.6) is 0 Å². The van der Waals surface area contributed by atoms with Crippen LogP contribution in [0.2, 0.25) is 0 Å². The summed E-state index contributed by atoms with van der Waals surface area (Å²) in [5.74, 6) is 1.02. The molecule has 1 aliphatic heterocycles. The Morgan fingerprint density at radius 1 is 1.45 bits per heavy atom. The van der Waals surface area contributed by atoms with E-state index in [9.17, 15) is 4.79 Å². The molecule has 0 bridgehead atoms. The van der Waals surface area contributed by atoms with Gasteiger partial charge in [0.1, 0.15) is 0 Å². The number of nitrogens with zero attached hydrogens (tertiary/aromatic N) is 1. The zero-order chi connectivity index (χ0) is 14.5. The number of rotatable bonds is 4. The molecule has 0 spiro atoms. The van der Waals surface area contributed by atoms with Crippen molar-refractivity contribution < 1.29 is 9.53 Å². The van der Waals surface area contributed by atoms with Gasteiger partial charge in [-0.05, 0) is 30.4 Å². The first-order chi connectivity index (χ1) is 9.67. The second-order valence-corrected chi connectivity index (χ2v) is 5.57. The fourth-order valence-electron chi connectivity index (χ4n) is 2.83. The van der Waals surface area contributed by atoms with Gasteiger partial charge in [0.25, 0.3) is 5.91 Å². The minimum Gasteiger partial charge on any atom is -0.367 e. The average molecular weight is 276 g/mol. The SMILES string of the molecule is COC(C(=O)N1CCC(C)C(CN)C1)c1ccccc1. The topological polar surface area (TPSA) is 55.6 Å². The van der Waals surface area contributed by atoms with E-state index in [1.807, 2.05) is 35.2 Å². The second-order valence-electron chi connectivity index (χ2n) is 5.57. The Labute approximate surface area is 120 Å². The number of ether oxygens (including phenoxy) is 1. The molecule has 2 N–H and O–H groups in total. The molecule has 4 heteroatoms. The predicted molar refractivity (Wildman–Crippen MR) is 79.1 cm³/mol. The Balaban J connectivity index is 2.09. The first-order valence-electron chi connectivity index (χ1n) is 7.24. The molecule has 0 aromatic heterocycles. The number of piperidine rings is 1. The Morgan fingerprint density at radius 3 is 2.75 bits per heavy atom. The number of carbonyl (C=O) groups excluding carboxylic acids is 1. The van der Waals surface area contributed by atoms with Crippen LogP contribution >= 0.6 is 0 Å². The third-order valence-electron chi connectivity index (χ3n) is 4.29. The normalized spacial score (nSPS) is 24.4. The summed E-state index contributed by atoms with van der Waals surface area (Å²) in [7, 11) is 1.59. The minimum atomic E-state index is -0.511. The van der Waals surface area contributed by atoms with Crippen LogP contribution < -0.4 is 5.73 Å². The van der Waals surface area contributed by atoms with Gasteiger partial charge in [-0.3, -0.25) is 4.79 Å². The Kier molecular flexibility index (Phi) is 5.15. The zero-order valence-corrected chi connectivity index (χ0v) is 12.3. The van der Waals surface area contributed by atoms with Crippen molar-refractivity contribution in [2.75, 3.05) is 26.7 Å². The van der Waals surface area contributed by atoms with Gasteiger partial charge in [-0.25, -0.2) is 0 Å².